The van der Waals surface area contributed by atoms with E-state index in [1.165, 1.54) is 48.5 Å². The van der Waals surface area contributed by atoms with Crippen molar-refractivity contribution in [2.45, 2.75) is 30.6 Å². The molecule has 0 fully saturated rings. The number of nitrogens with zero attached hydrogens (tertiary/aromatic N) is 1. The van der Waals surface area contributed by atoms with Crippen molar-refractivity contribution in [3.05, 3.63) is 66.0 Å². The molecule has 0 radical (unpaired) electrons. The molecular weight excluding hydrogens is 449 g/mol. The maximum absolute atomic E-state index is 13.1. The molecule has 174 valence electrons. The maximum Gasteiger partial charge on any atom is 0.331 e. The van der Waals surface area contributed by atoms with Crippen LogP contribution >= 0.6 is 0 Å². The number of halogens is 1. The average molecular weight is 474 g/mol. The molecule has 2 N–H and O–H groups in total. The van der Waals surface area contributed by atoms with Crippen molar-refractivity contribution in [2.75, 3.05) is 18.5 Å². The Bertz CT molecular complexity index is 1180. The van der Waals surface area contributed by atoms with E-state index in [1.54, 1.807) is 6.07 Å². The van der Waals surface area contributed by atoms with E-state index in [0.29, 0.717) is 24.4 Å². The maximum atomic E-state index is 13.1. The van der Waals surface area contributed by atoms with Gasteiger partial charge in [-0.15, -0.1) is 0 Å². The Morgan fingerprint density at radius 3 is 2.73 bits per heavy atom. The topological polar surface area (TPSA) is 114 Å². The smallest absolute Gasteiger partial charge is 0.331 e. The summed E-state index contributed by atoms with van der Waals surface area (Å²) in [7, 11) is -3.85. The average Bonchev–Trinajstić information content (AvgIpc) is 3.05. The number of hydrogen-bond donors (Lipinski definition) is 2. The number of carbonyl (C=O) groups excluding carboxylic acids is 2. The Hall–Kier alpha value is -3.53. The molecule has 10 heteroatoms. The van der Waals surface area contributed by atoms with Crippen LogP contribution in [0.5, 0.6) is 0 Å². The summed E-state index contributed by atoms with van der Waals surface area (Å²) in [6, 6.07) is 11.4. The summed E-state index contributed by atoms with van der Waals surface area (Å²) in [5.41, 5.74) is 0.704. The number of rotatable bonds is 7. The van der Waals surface area contributed by atoms with E-state index in [9.17, 15) is 22.4 Å². The second-order valence-corrected chi connectivity index (χ2v) is 9.00. The fraction of sp³-hybridized carbons (Fsp3) is 0.261. The second-order valence-electron chi connectivity index (χ2n) is 7.32. The molecule has 2 aromatic rings. The number of sulfonamides is 1. The molecule has 0 atom stereocenters. The van der Waals surface area contributed by atoms with Crippen LogP contribution in [0.3, 0.4) is 0 Å². The zero-order valence-electron chi connectivity index (χ0n) is 17.8. The Labute approximate surface area is 191 Å². The first-order chi connectivity index (χ1) is 15.8. The van der Waals surface area contributed by atoms with Crippen molar-refractivity contribution in [2.24, 2.45) is 4.99 Å². The molecule has 8 nitrogen and oxygen atoms in total. The van der Waals surface area contributed by atoms with Crippen LogP contribution in [0.2, 0.25) is 0 Å². The third-order valence-corrected chi connectivity index (χ3v) is 6.04. The predicted octanol–water partition coefficient (Wildman–Crippen LogP) is 3.27. The molecule has 0 aliphatic carbocycles. The van der Waals surface area contributed by atoms with Crippen LogP contribution in [0.4, 0.5) is 10.1 Å². The number of nitrogens with one attached hydrogen (secondary N) is 2. The van der Waals surface area contributed by atoms with Crippen LogP contribution in [-0.2, 0) is 24.3 Å². The van der Waals surface area contributed by atoms with Gasteiger partial charge in [-0.1, -0.05) is 24.6 Å². The van der Waals surface area contributed by atoms with Gasteiger partial charge in [0.25, 0.3) is 15.9 Å². The predicted molar refractivity (Wildman–Crippen MR) is 123 cm³/mol. The van der Waals surface area contributed by atoms with Gasteiger partial charge in [0, 0.05) is 24.7 Å². The Morgan fingerprint density at radius 2 is 1.91 bits per heavy atom. The van der Waals surface area contributed by atoms with Gasteiger partial charge in [-0.3, -0.25) is 14.5 Å². The van der Waals surface area contributed by atoms with E-state index in [0.717, 1.165) is 25.3 Å². The van der Waals surface area contributed by atoms with Gasteiger partial charge >= 0.3 is 5.97 Å². The summed E-state index contributed by atoms with van der Waals surface area (Å²) in [6.45, 7) is 0.0163. The van der Waals surface area contributed by atoms with E-state index >= 15 is 0 Å². The summed E-state index contributed by atoms with van der Waals surface area (Å²) in [5, 5.41) is 2.49. The highest BCUT2D eigenvalue weighted by atomic mass is 32.2. The standard InChI is InChI=1S/C23H24FN3O5S/c24-18-7-4-6-17(14-18)11-12-23(29)32-16-22(28)26-19-8-5-9-20(15-19)33(30,31)27-21-10-2-1-3-13-25-21/h4-9,11-12,14-15H,1-3,10,13,16H2,(H,25,27)(H,26,28)/b12-11+. The van der Waals surface area contributed by atoms with Crippen molar-refractivity contribution in [3.8, 4) is 0 Å². The number of ether oxygens (including phenoxy) is 1. The molecule has 0 unspecified atom stereocenters. The van der Waals surface area contributed by atoms with Gasteiger partial charge in [0.1, 0.15) is 11.7 Å². The van der Waals surface area contributed by atoms with Crippen molar-refractivity contribution in [3.63, 3.8) is 0 Å². The molecule has 3 rings (SSSR count). The molecule has 1 aliphatic rings. The van der Waals surface area contributed by atoms with Crippen molar-refractivity contribution >= 4 is 39.5 Å². The molecule has 2 aromatic carbocycles. The van der Waals surface area contributed by atoms with Crippen LogP contribution in [0.15, 0.2) is 64.5 Å². The molecule has 0 bridgehead atoms. The highest BCUT2D eigenvalue weighted by Crippen LogP contribution is 2.16. The lowest BCUT2D eigenvalue weighted by atomic mass is 10.2. The molecule has 0 aromatic heterocycles. The molecule has 1 amide bonds. The summed E-state index contributed by atoms with van der Waals surface area (Å²) in [6.07, 6.45) is 5.81. The molecule has 0 saturated heterocycles. The fourth-order valence-electron chi connectivity index (χ4n) is 3.07. The SMILES string of the molecule is O=C(COC(=O)/C=C/c1cccc(F)c1)Nc1cccc(S(=O)(=O)NC2=NCCCCC2)c1. The minimum Gasteiger partial charge on any atom is -0.452 e. The number of anilines is 1. The van der Waals surface area contributed by atoms with Crippen LogP contribution < -0.4 is 10.0 Å². The van der Waals surface area contributed by atoms with Gasteiger partial charge in [0.15, 0.2) is 6.61 Å². The molecule has 1 aliphatic heterocycles. The van der Waals surface area contributed by atoms with Gasteiger partial charge in [0.05, 0.1) is 4.90 Å². The number of amides is 1. The van der Waals surface area contributed by atoms with Crippen LogP contribution in [-0.4, -0.2) is 39.3 Å². The fourth-order valence-corrected chi connectivity index (χ4v) is 4.20. The number of aliphatic imine (C=N–C) groups is 1. The number of hydrogen-bond acceptors (Lipinski definition) is 6. The minimum absolute atomic E-state index is 0.0257. The third-order valence-electron chi connectivity index (χ3n) is 4.66. The monoisotopic (exact) mass is 473 g/mol. The van der Waals surface area contributed by atoms with Crippen molar-refractivity contribution in [1.82, 2.24) is 4.72 Å². The lowest BCUT2D eigenvalue weighted by Crippen LogP contribution is -2.30. The summed E-state index contributed by atoms with van der Waals surface area (Å²) in [4.78, 5) is 28.1. The summed E-state index contributed by atoms with van der Waals surface area (Å²) >= 11 is 0. The Balaban J connectivity index is 1.54. The van der Waals surface area contributed by atoms with Gasteiger partial charge < -0.3 is 10.1 Å². The quantitative estimate of drug-likeness (QED) is 0.473. The van der Waals surface area contributed by atoms with E-state index in [1.807, 2.05) is 0 Å². The van der Waals surface area contributed by atoms with Crippen LogP contribution in [0.1, 0.15) is 31.2 Å². The Morgan fingerprint density at radius 1 is 1.09 bits per heavy atom. The van der Waals surface area contributed by atoms with Gasteiger partial charge in [-0.2, -0.15) is 0 Å². The number of benzene rings is 2. The molecule has 1 heterocycles. The highest BCUT2D eigenvalue weighted by Gasteiger charge is 2.18. The lowest BCUT2D eigenvalue weighted by Gasteiger charge is -2.11. The molecule has 33 heavy (non-hydrogen) atoms. The van der Waals surface area contributed by atoms with E-state index in [4.69, 9.17) is 4.74 Å². The van der Waals surface area contributed by atoms with Crippen molar-refractivity contribution < 1.29 is 27.1 Å². The van der Waals surface area contributed by atoms with E-state index in [2.05, 4.69) is 15.0 Å². The second kappa shape index (κ2) is 11.4. The van der Waals surface area contributed by atoms with E-state index in [-0.39, 0.29) is 10.6 Å². The largest absolute Gasteiger partial charge is 0.452 e. The van der Waals surface area contributed by atoms with Gasteiger partial charge in [0.2, 0.25) is 0 Å². The number of amidine groups is 1. The van der Waals surface area contributed by atoms with Gasteiger partial charge in [-0.05, 0) is 54.8 Å². The summed E-state index contributed by atoms with van der Waals surface area (Å²) in [5.74, 6) is -1.43. The first-order valence-electron chi connectivity index (χ1n) is 10.4. The van der Waals surface area contributed by atoms with Crippen LogP contribution in [0, 0.1) is 5.82 Å². The molecule has 0 saturated carbocycles. The number of esters is 1. The lowest BCUT2D eigenvalue weighted by molar-refractivity contribution is -0.142. The molecule has 0 spiro atoms. The zero-order valence-corrected chi connectivity index (χ0v) is 18.6. The zero-order chi connectivity index (χ0) is 23.7. The van der Waals surface area contributed by atoms with Crippen molar-refractivity contribution in [1.29, 1.82) is 0 Å². The minimum atomic E-state index is -3.85. The van der Waals surface area contributed by atoms with Crippen LogP contribution in [0.25, 0.3) is 6.08 Å². The normalized spacial score (nSPS) is 14.3. The highest BCUT2D eigenvalue weighted by molar-refractivity contribution is 7.90. The van der Waals surface area contributed by atoms with E-state index < -0.39 is 34.3 Å². The molecular formula is C23H24FN3O5S. The third kappa shape index (κ3) is 7.83. The number of carbonyl (C=O) groups is 2. The first-order valence-corrected chi connectivity index (χ1v) is 11.9. The summed E-state index contributed by atoms with van der Waals surface area (Å²) < 4.78 is 45.9. The Kier molecular flexibility index (Phi) is 8.31. The van der Waals surface area contributed by atoms with Gasteiger partial charge in [-0.25, -0.2) is 17.6 Å². The first kappa shape index (κ1) is 24.1.